The Labute approximate surface area is 95.8 Å². The quantitative estimate of drug-likeness (QED) is 0.693. The van der Waals surface area contributed by atoms with E-state index in [1.165, 1.54) is 0 Å². The number of aryl methyl sites for hydroxylation is 1. The normalized spacial score (nSPS) is 11.7. The predicted octanol–water partition coefficient (Wildman–Crippen LogP) is -1.34. The molecule has 0 aromatic heterocycles. The molecule has 14 heavy (non-hydrogen) atoms. The van der Waals surface area contributed by atoms with E-state index in [1.807, 2.05) is 32.0 Å². The van der Waals surface area contributed by atoms with Gasteiger partial charge in [0.2, 0.25) is 0 Å². The third-order valence-electron chi connectivity index (χ3n) is 1.67. The Balaban J connectivity index is 0.00000169. The SMILES string of the molecule is Cc1ccc(Cl)cc1OCC(C)[NH3+].[Cl-]. The molecule has 0 aliphatic carbocycles. The van der Waals surface area contributed by atoms with Crippen molar-refractivity contribution in [1.29, 1.82) is 0 Å². The van der Waals surface area contributed by atoms with Gasteiger partial charge in [-0.15, -0.1) is 0 Å². The molecule has 80 valence electrons. The number of ether oxygens (including phenoxy) is 1. The summed E-state index contributed by atoms with van der Waals surface area (Å²) in [6.45, 7) is 4.64. The highest BCUT2D eigenvalue weighted by molar-refractivity contribution is 6.30. The van der Waals surface area contributed by atoms with Crippen LogP contribution in [0.5, 0.6) is 5.75 Å². The Morgan fingerprint density at radius 1 is 1.50 bits per heavy atom. The van der Waals surface area contributed by atoms with Crippen LogP contribution in [0.4, 0.5) is 0 Å². The fourth-order valence-corrected chi connectivity index (χ4v) is 1.12. The second kappa shape index (κ2) is 6.12. The summed E-state index contributed by atoms with van der Waals surface area (Å²) in [5, 5.41) is 0.706. The summed E-state index contributed by atoms with van der Waals surface area (Å²) in [5.74, 6) is 0.850. The van der Waals surface area contributed by atoms with Crippen molar-refractivity contribution in [2.75, 3.05) is 6.61 Å². The Bertz CT molecular complexity index is 289. The van der Waals surface area contributed by atoms with Crippen molar-refractivity contribution < 1.29 is 22.9 Å². The van der Waals surface area contributed by atoms with E-state index >= 15 is 0 Å². The van der Waals surface area contributed by atoms with E-state index < -0.39 is 0 Å². The lowest BCUT2D eigenvalue weighted by Gasteiger charge is -2.09. The molecule has 0 amide bonds. The summed E-state index contributed by atoms with van der Waals surface area (Å²) in [4.78, 5) is 0. The van der Waals surface area contributed by atoms with Crippen LogP contribution < -0.4 is 22.9 Å². The largest absolute Gasteiger partial charge is 1.00 e. The summed E-state index contributed by atoms with van der Waals surface area (Å²) in [5.41, 5.74) is 4.95. The van der Waals surface area contributed by atoms with Crippen molar-refractivity contribution in [3.05, 3.63) is 28.8 Å². The van der Waals surface area contributed by atoms with Gasteiger partial charge in [-0.25, -0.2) is 0 Å². The zero-order valence-corrected chi connectivity index (χ0v) is 9.90. The van der Waals surface area contributed by atoms with Gasteiger partial charge in [0.25, 0.3) is 0 Å². The van der Waals surface area contributed by atoms with Gasteiger partial charge in [0.1, 0.15) is 18.4 Å². The van der Waals surface area contributed by atoms with Crippen LogP contribution in [0.1, 0.15) is 12.5 Å². The van der Waals surface area contributed by atoms with E-state index in [-0.39, 0.29) is 12.4 Å². The number of quaternary nitrogens is 1. The molecule has 2 nitrogen and oxygen atoms in total. The van der Waals surface area contributed by atoms with Crippen LogP contribution in [0.25, 0.3) is 0 Å². The second-order valence-electron chi connectivity index (χ2n) is 3.33. The van der Waals surface area contributed by atoms with Gasteiger partial charge in [0.15, 0.2) is 0 Å². The second-order valence-corrected chi connectivity index (χ2v) is 3.76. The zero-order chi connectivity index (χ0) is 9.84. The molecule has 0 saturated heterocycles. The number of halogens is 2. The van der Waals surface area contributed by atoms with Gasteiger partial charge in [-0.05, 0) is 31.5 Å². The van der Waals surface area contributed by atoms with E-state index in [1.54, 1.807) is 0 Å². The maximum absolute atomic E-state index is 5.84. The first-order valence-corrected chi connectivity index (χ1v) is 4.69. The summed E-state index contributed by atoms with van der Waals surface area (Å²) < 4.78 is 5.53. The van der Waals surface area contributed by atoms with Gasteiger partial charge in [0, 0.05) is 5.02 Å². The van der Waals surface area contributed by atoms with Crippen molar-refractivity contribution in [3.8, 4) is 5.75 Å². The van der Waals surface area contributed by atoms with Crippen LogP contribution in [0, 0.1) is 6.92 Å². The first-order valence-electron chi connectivity index (χ1n) is 4.31. The minimum atomic E-state index is 0. The van der Waals surface area contributed by atoms with Crippen molar-refractivity contribution in [1.82, 2.24) is 0 Å². The van der Waals surface area contributed by atoms with Gasteiger partial charge in [-0.1, -0.05) is 17.7 Å². The van der Waals surface area contributed by atoms with Gasteiger partial charge >= 0.3 is 0 Å². The summed E-state index contributed by atoms with van der Waals surface area (Å²) >= 11 is 5.84. The number of rotatable bonds is 3. The molecule has 1 rings (SSSR count). The van der Waals surface area contributed by atoms with E-state index in [0.29, 0.717) is 17.7 Å². The molecule has 0 heterocycles. The first kappa shape index (κ1) is 13.6. The van der Waals surface area contributed by atoms with Gasteiger partial charge in [-0.2, -0.15) is 0 Å². The van der Waals surface area contributed by atoms with Crippen molar-refractivity contribution in [2.24, 2.45) is 0 Å². The molecule has 0 aliphatic heterocycles. The van der Waals surface area contributed by atoms with Crippen molar-refractivity contribution in [2.45, 2.75) is 19.9 Å². The number of hydrogen-bond acceptors (Lipinski definition) is 1. The van der Waals surface area contributed by atoms with Crippen LogP contribution in [-0.2, 0) is 0 Å². The molecular formula is C10H15Cl2NO. The topological polar surface area (TPSA) is 36.9 Å². The average molecular weight is 236 g/mol. The fourth-order valence-electron chi connectivity index (χ4n) is 0.961. The summed E-state index contributed by atoms with van der Waals surface area (Å²) in [6.07, 6.45) is 0. The molecule has 3 N–H and O–H groups in total. The van der Waals surface area contributed by atoms with E-state index in [0.717, 1.165) is 11.3 Å². The standard InChI is InChI=1S/C10H14ClNO.ClH/c1-7-3-4-9(11)5-10(7)13-6-8(2)12;/h3-5,8H,6,12H2,1-2H3;1H. The maximum Gasteiger partial charge on any atom is 0.139 e. The zero-order valence-electron chi connectivity index (χ0n) is 8.39. The number of benzene rings is 1. The lowest BCUT2D eigenvalue weighted by atomic mass is 10.2. The lowest BCUT2D eigenvalue weighted by Crippen LogP contribution is -3.00. The maximum atomic E-state index is 5.84. The van der Waals surface area contributed by atoms with E-state index in [9.17, 15) is 0 Å². The molecule has 1 atom stereocenters. The predicted molar refractivity (Wildman–Crippen MR) is 54.0 cm³/mol. The van der Waals surface area contributed by atoms with Gasteiger partial charge in [-0.3, -0.25) is 0 Å². The van der Waals surface area contributed by atoms with Gasteiger partial charge < -0.3 is 22.9 Å². The molecule has 0 aliphatic rings. The summed E-state index contributed by atoms with van der Waals surface area (Å²) in [7, 11) is 0. The fraction of sp³-hybridized carbons (Fsp3) is 0.400. The third-order valence-corrected chi connectivity index (χ3v) is 1.91. The molecule has 4 heteroatoms. The van der Waals surface area contributed by atoms with Crippen LogP contribution in [0.3, 0.4) is 0 Å². The van der Waals surface area contributed by atoms with Crippen LogP contribution in [0.15, 0.2) is 18.2 Å². The van der Waals surface area contributed by atoms with Crippen LogP contribution >= 0.6 is 11.6 Å². The minimum Gasteiger partial charge on any atom is -1.00 e. The van der Waals surface area contributed by atoms with Crippen molar-refractivity contribution in [3.63, 3.8) is 0 Å². The highest BCUT2D eigenvalue weighted by atomic mass is 35.5. The molecule has 0 spiro atoms. The highest BCUT2D eigenvalue weighted by Gasteiger charge is 2.03. The molecular weight excluding hydrogens is 221 g/mol. The smallest absolute Gasteiger partial charge is 0.139 e. The Morgan fingerprint density at radius 3 is 2.71 bits per heavy atom. The van der Waals surface area contributed by atoms with E-state index in [2.05, 4.69) is 5.73 Å². The number of hydrogen-bond donors (Lipinski definition) is 1. The van der Waals surface area contributed by atoms with E-state index in [4.69, 9.17) is 16.3 Å². The molecule has 0 radical (unpaired) electrons. The van der Waals surface area contributed by atoms with Crippen LogP contribution in [-0.4, -0.2) is 12.6 Å². The third kappa shape index (κ3) is 4.18. The Morgan fingerprint density at radius 2 is 2.14 bits per heavy atom. The molecule has 0 saturated carbocycles. The average Bonchev–Trinajstić information content (AvgIpc) is 2.06. The van der Waals surface area contributed by atoms with Crippen LogP contribution in [0.2, 0.25) is 5.02 Å². The monoisotopic (exact) mass is 235 g/mol. The lowest BCUT2D eigenvalue weighted by molar-refractivity contribution is -0.417. The molecule has 1 unspecified atom stereocenters. The minimum absolute atomic E-state index is 0. The Hall–Kier alpha value is -0.440. The van der Waals surface area contributed by atoms with Gasteiger partial charge in [0.05, 0.1) is 0 Å². The highest BCUT2D eigenvalue weighted by Crippen LogP contribution is 2.22. The summed E-state index contributed by atoms with van der Waals surface area (Å²) in [6, 6.07) is 5.93. The Kier molecular flexibility index (Phi) is 5.93. The molecule has 0 bridgehead atoms. The molecule has 1 aromatic carbocycles. The first-order chi connectivity index (χ1) is 6.09. The molecule has 1 aromatic rings. The molecule has 0 fully saturated rings. The van der Waals surface area contributed by atoms with Crippen molar-refractivity contribution >= 4 is 11.6 Å².